The smallest absolute Gasteiger partial charge is 0.124 e. The van der Waals surface area contributed by atoms with E-state index in [4.69, 9.17) is 0 Å². The number of hydrogen-bond donors (Lipinski definition) is 0. The van der Waals surface area contributed by atoms with Gasteiger partial charge in [0.25, 0.3) is 0 Å². The molecule has 176 valence electrons. The van der Waals surface area contributed by atoms with Gasteiger partial charge in [-0.2, -0.15) is 0 Å². The van der Waals surface area contributed by atoms with Crippen molar-refractivity contribution in [1.82, 2.24) is 0 Å². The Balaban J connectivity index is 1.86. The van der Waals surface area contributed by atoms with Gasteiger partial charge >= 0.3 is 0 Å². The summed E-state index contributed by atoms with van der Waals surface area (Å²) in [4.78, 5) is 10.3. The lowest BCUT2D eigenvalue weighted by molar-refractivity contribution is 0.569. The molecule has 0 heterocycles. The van der Waals surface area contributed by atoms with E-state index in [1.54, 1.807) is 12.0 Å². The van der Waals surface area contributed by atoms with Crippen LogP contribution in [0.4, 0.5) is 0 Å². The Kier molecular flexibility index (Phi) is 15.3. The molecular formula is C31H36OP2. The lowest BCUT2D eigenvalue weighted by Gasteiger charge is -2.18. The fraction of sp³-hybridized carbons (Fsp3) is 0.226. The first-order chi connectivity index (χ1) is 16.8. The van der Waals surface area contributed by atoms with Crippen molar-refractivity contribution >= 4 is 32.4 Å². The first kappa shape index (κ1) is 27.7. The van der Waals surface area contributed by atoms with Gasteiger partial charge in [-0.15, -0.1) is 0 Å². The van der Waals surface area contributed by atoms with Gasteiger partial charge < -0.3 is 0 Å². The molecule has 0 saturated carbocycles. The second-order valence-corrected chi connectivity index (χ2v) is 12.6. The summed E-state index contributed by atoms with van der Waals surface area (Å²) in [6, 6.07) is 21.9. The minimum atomic E-state index is -0.201. The quantitative estimate of drug-likeness (QED) is 0.104. The molecule has 0 spiro atoms. The zero-order valence-electron chi connectivity index (χ0n) is 20.0. The fourth-order valence-electron chi connectivity index (χ4n) is 3.55. The molecule has 2 atom stereocenters. The monoisotopic (exact) mass is 486 g/mol. The van der Waals surface area contributed by atoms with Crippen molar-refractivity contribution in [2.45, 2.75) is 19.3 Å². The molecule has 0 saturated heterocycles. The zero-order valence-corrected chi connectivity index (χ0v) is 21.8. The van der Waals surface area contributed by atoms with Gasteiger partial charge in [0, 0.05) is 6.08 Å². The molecule has 0 aliphatic carbocycles. The van der Waals surface area contributed by atoms with E-state index < -0.39 is 0 Å². The van der Waals surface area contributed by atoms with Crippen LogP contribution in [0.3, 0.4) is 0 Å². The molecule has 34 heavy (non-hydrogen) atoms. The van der Waals surface area contributed by atoms with Gasteiger partial charge in [0.05, 0.1) is 0 Å². The van der Waals surface area contributed by atoms with Crippen LogP contribution >= 0.6 is 15.8 Å². The number of hydrogen-bond acceptors (Lipinski definition) is 1. The molecular weight excluding hydrogens is 450 g/mol. The van der Waals surface area contributed by atoms with Gasteiger partial charge in [-0.05, 0) is 48.1 Å². The first-order valence-corrected chi connectivity index (χ1v) is 15.3. The standard InChI is InChI=1S/C31H36OP2/c1-2-3-4-7-17-26-33(30-21-12-9-13-22-30)28-19-11-20-29-34(31-23-14-10-15-24-31)27-18-8-5-6-16-25-32/h2-10,12-18,21-24H,1,11,19-20,26-29H2/b4-3-,6-5-,17-7-,18-8-. The van der Waals surface area contributed by atoms with Crippen molar-refractivity contribution in [3.8, 4) is 0 Å². The third-order valence-corrected chi connectivity index (χ3v) is 10.3. The topological polar surface area (TPSA) is 17.1 Å². The first-order valence-electron chi connectivity index (χ1n) is 11.9. The van der Waals surface area contributed by atoms with Crippen LogP contribution in [-0.4, -0.2) is 30.6 Å². The van der Waals surface area contributed by atoms with E-state index in [0.717, 1.165) is 12.3 Å². The van der Waals surface area contributed by atoms with Crippen LogP contribution in [0, 0.1) is 0 Å². The van der Waals surface area contributed by atoms with E-state index in [1.807, 2.05) is 24.3 Å². The minimum absolute atomic E-state index is 0.160. The summed E-state index contributed by atoms with van der Waals surface area (Å²) < 4.78 is 0. The lowest BCUT2D eigenvalue weighted by Crippen LogP contribution is -2.06. The largest absolute Gasteiger partial charge is 0.234 e. The molecule has 0 aliphatic rings. The SMILES string of the molecule is C=C/C=C\C=C/CP(CCCCCP(C/C=C\C=C/C=C=O)c1ccccc1)c1ccccc1. The van der Waals surface area contributed by atoms with Gasteiger partial charge in [0.2, 0.25) is 0 Å². The fourth-order valence-corrected chi connectivity index (χ4v) is 8.00. The highest BCUT2D eigenvalue weighted by Crippen LogP contribution is 2.38. The molecule has 0 aliphatic heterocycles. The molecule has 0 fully saturated rings. The van der Waals surface area contributed by atoms with Crippen LogP contribution in [-0.2, 0) is 4.79 Å². The average Bonchev–Trinajstić information content (AvgIpc) is 2.89. The van der Waals surface area contributed by atoms with Crippen LogP contribution in [0.5, 0.6) is 0 Å². The van der Waals surface area contributed by atoms with Crippen LogP contribution in [0.15, 0.2) is 128 Å². The number of rotatable bonds is 16. The number of unbranched alkanes of at least 4 members (excludes halogenated alkanes) is 2. The van der Waals surface area contributed by atoms with Crippen molar-refractivity contribution in [1.29, 1.82) is 0 Å². The predicted molar refractivity (Wildman–Crippen MR) is 156 cm³/mol. The third kappa shape index (κ3) is 12.1. The van der Waals surface area contributed by atoms with Crippen molar-refractivity contribution in [2.75, 3.05) is 24.6 Å². The van der Waals surface area contributed by atoms with E-state index >= 15 is 0 Å². The number of carbonyl (C=O) groups excluding carboxylic acids is 1. The number of benzene rings is 2. The summed E-state index contributed by atoms with van der Waals surface area (Å²) in [5.74, 6) is 1.77. The Morgan fingerprint density at radius 3 is 1.62 bits per heavy atom. The molecule has 2 aromatic rings. The highest BCUT2D eigenvalue weighted by molar-refractivity contribution is 7.66. The Morgan fingerprint density at radius 1 is 0.647 bits per heavy atom. The van der Waals surface area contributed by atoms with E-state index in [-0.39, 0.29) is 15.8 Å². The third-order valence-electron chi connectivity index (χ3n) is 5.27. The Bertz CT molecular complexity index is 967. The predicted octanol–water partition coefficient (Wildman–Crippen LogP) is 7.57. The maximum absolute atomic E-state index is 10.3. The normalized spacial score (nSPS) is 13.5. The molecule has 1 nitrogen and oxygen atoms in total. The minimum Gasteiger partial charge on any atom is -0.234 e. The van der Waals surface area contributed by atoms with E-state index in [9.17, 15) is 4.79 Å². The van der Waals surface area contributed by atoms with Crippen molar-refractivity contribution < 1.29 is 4.79 Å². The van der Waals surface area contributed by atoms with Gasteiger partial charge in [-0.25, -0.2) is 4.79 Å². The lowest BCUT2D eigenvalue weighted by atomic mass is 10.3. The molecule has 3 heteroatoms. The van der Waals surface area contributed by atoms with E-state index in [2.05, 4.69) is 91.5 Å². The van der Waals surface area contributed by atoms with Gasteiger partial charge in [-0.3, -0.25) is 0 Å². The molecule has 0 N–H and O–H groups in total. The maximum atomic E-state index is 10.3. The van der Waals surface area contributed by atoms with Crippen LogP contribution in [0.1, 0.15) is 19.3 Å². The Labute approximate surface area is 208 Å². The molecule has 2 rings (SSSR count). The molecule has 2 unspecified atom stereocenters. The molecule has 2 aromatic carbocycles. The van der Waals surface area contributed by atoms with Crippen LogP contribution in [0.25, 0.3) is 0 Å². The molecule has 0 amide bonds. The summed E-state index contributed by atoms with van der Waals surface area (Å²) in [6.07, 6.45) is 28.2. The van der Waals surface area contributed by atoms with Gasteiger partial charge in [-0.1, -0.05) is 144 Å². The van der Waals surface area contributed by atoms with Crippen LogP contribution < -0.4 is 10.6 Å². The summed E-state index contributed by atoms with van der Waals surface area (Å²) in [5, 5.41) is 2.98. The molecule has 0 bridgehead atoms. The average molecular weight is 487 g/mol. The highest BCUT2D eigenvalue weighted by Gasteiger charge is 2.11. The van der Waals surface area contributed by atoms with Gasteiger partial charge in [0.1, 0.15) is 5.94 Å². The number of allylic oxidation sites excluding steroid dienone is 10. The van der Waals surface area contributed by atoms with E-state index in [0.29, 0.717) is 0 Å². The summed E-state index contributed by atoms with van der Waals surface area (Å²) in [5.41, 5.74) is 0. The van der Waals surface area contributed by atoms with Crippen LogP contribution in [0.2, 0.25) is 0 Å². The Morgan fingerprint density at radius 2 is 1.15 bits per heavy atom. The Hall–Kier alpha value is -2.55. The second-order valence-electron chi connectivity index (χ2n) is 7.77. The highest BCUT2D eigenvalue weighted by atomic mass is 31.1. The summed E-state index contributed by atoms with van der Waals surface area (Å²) in [6.45, 7) is 3.73. The summed E-state index contributed by atoms with van der Waals surface area (Å²) >= 11 is 0. The second kappa shape index (κ2) is 18.8. The zero-order chi connectivity index (χ0) is 24.1. The molecule has 0 aromatic heterocycles. The van der Waals surface area contributed by atoms with Crippen molar-refractivity contribution in [2.24, 2.45) is 0 Å². The maximum Gasteiger partial charge on any atom is 0.124 e. The van der Waals surface area contributed by atoms with Gasteiger partial charge in [0.15, 0.2) is 0 Å². The van der Waals surface area contributed by atoms with Crippen molar-refractivity contribution in [3.05, 3.63) is 128 Å². The molecule has 0 radical (unpaired) electrons. The van der Waals surface area contributed by atoms with E-state index in [1.165, 1.54) is 48.3 Å². The summed E-state index contributed by atoms with van der Waals surface area (Å²) in [7, 11) is -0.361. The van der Waals surface area contributed by atoms with Crippen molar-refractivity contribution in [3.63, 3.8) is 0 Å².